The molecular formula is C16H18N2S. The van der Waals surface area contributed by atoms with Crippen molar-refractivity contribution in [3.8, 4) is 0 Å². The SMILES string of the molecule is Cc1cc(C)cc(NC(=S)N(C)c2ccccc2)c1. The molecule has 0 heterocycles. The van der Waals surface area contributed by atoms with Gasteiger partial charge < -0.3 is 10.2 Å². The average molecular weight is 270 g/mol. The second kappa shape index (κ2) is 5.85. The summed E-state index contributed by atoms with van der Waals surface area (Å²) in [7, 11) is 1.97. The summed E-state index contributed by atoms with van der Waals surface area (Å²) >= 11 is 5.44. The van der Waals surface area contributed by atoms with Crippen LogP contribution in [0.3, 0.4) is 0 Å². The summed E-state index contributed by atoms with van der Waals surface area (Å²) in [5.74, 6) is 0. The zero-order valence-corrected chi connectivity index (χ0v) is 12.3. The predicted octanol–water partition coefficient (Wildman–Crippen LogP) is 4.14. The first kappa shape index (κ1) is 13.6. The smallest absolute Gasteiger partial charge is 0.177 e. The average Bonchev–Trinajstić information content (AvgIpc) is 2.37. The first-order valence-corrected chi connectivity index (χ1v) is 6.65. The number of para-hydroxylation sites is 1. The van der Waals surface area contributed by atoms with Gasteiger partial charge in [-0.25, -0.2) is 0 Å². The van der Waals surface area contributed by atoms with Gasteiger partial charge in [0.05, 0.1) is 0 Å². The Morgan fingerprint density at radius 3 is 2.16 bits per heavy atom. The van der Waals surface area contributed by atoms with Crippen molar-refractivity contribution in [2.45, 2.75) is 13.8 Å². The molecule has 0 saturated heterocycles. The van der Waals surface area contributed by atoms with E-state index >= 15 is 0 Å². The van der Waals surface area contributed by atoms with Gasteiger partial charge in [0.2, 0.25) is 0 Å². The van der Waals surface area contributed by atoms with E-state index in [0.717, 1.165) is 11.4 Å². The molecule has 0 fully saturated rings. The molecule has 0 radical (unpaired) electrons. The maximum atomic E-state index is 5.44. The van der Waals surface area contributed by atoms with Crippen LogP contribution in [0, 0.1) is 13.8 Å². The molecule has 98 valence electrons. The molecule has 0 amide bonds. The summed E-state index contributed by atoms with van der Waals surface area (Å²) in [4.78, 5) is 1.97. The maximum Gasteiger partial charge on any atom is 0.177 e. The van der Waals surface area contributed by atoms with Crippen molar-refractivity contribution >= 4 is 28.7 Å². The lowest BCUT2D eigenvalue weighted by atomic mass is 10.1. The Morgan fingerprint density at radius 1 is 1.00 bits per heavy atom. The number of rotatable bonds is 2. The molecular weight excluding hydrogens is 252 g/mol. The van der Waals surface area contributed by atoms with Crippen LogP contribution in [-0.4, -0.2) is 12.2 Å². The quantitative estimate of drug-likeness (QED) is 0.826. The van der Waals surface area contributed by atoms with E-state index in [2.05, 4.69) is 37.4 Å². The predicted molar refractivity (Wildman–Crippen MR) is 87.0 cm³/mol. The minimum absolute atomic E-state index is 0.691. The molecule has 0 aliphatic rings. The number of hydrogen-bond acceptors (Lipinski definition) is 1. The van der Waals surface area contributed by atoms with Crippen LogP contribution in [0.25, 0.3) is 0 Å². The minimum atomic E-state index is 0.691. The van der Waals surface area contributed by atoms with Gasteiger partial charge in [-0.3, -0.25) is 0 Å². The van der Waals surface area contributed by atoms with Gasteiger partial charge in [-0.2, -0.15) is 0 Å². The van der Waals surface area contributed by atoms with Crippen molar-refractivity contribution in [3.05, 3.63) is 59.7 Å². The van der Waals surface area contributed by atoms with E-state index in [1.807, 2.05) is 42.3 Å². The van der Waals surface area contributed by atoms with Crippen LogP contribution in [-0.2, 0) is 0 Å². The normalized spacial score (nSPS) is 10.1. The lowest BCUT2D eigenvalue weighted by molar-refractivity contribution is 1.27. The Kier molecular flexibility index (Phi) is 4.17. The summed E-state index contributed by atoms with van der Waals surface area (Å²) in [5, 5.41) is 3.97. The summed E-state index contributed by atoms with van der Waals surface area (Å²) in [5.41, 5.74) is 4.56. The third-order valence-corrected chi connectivity index (χ3v) is 3.30. The Hall–Kier alpha value is -1.87. The fraction of sp³-hybridized carbons (Fsp3) is 0.188. The van der Waals surface area contributed by atoms with Gasteiger partial charge in [0.25, 0.3) is 0 Å². The van der Waals surface area contributed by atoms with Gasteiger partial charge in [-0.15, -0.1) is 0 Å². The molecule has 19 heavy (non-hydrogen) atoms. The van der Waals surface area contributed by atoms with E-state index < -0.39 is 0 Å². The topological polar surface area (TPSA) is 15.3 Å². The molecule has 0 atom stereocenters. The fourth-order valence-electron chi connectivity index (χ4n) is 2.02. The summed E-state index contributed by atoms with van der Waals surface area (Å²) in [6, 6.07) is 16.4. The number of aryl methyl sites for hydroxylation is 2. The van der Waals surface area contributed by atoms with Crippen molar-refractivity contribution in [2.75, 3.05) is 17.3 Å². The number of nitrogens with zero attached hydrogens (tertiary/aromatic N) is 1. The van der Waals surface area contributed by atoms with Gasteiger partial charge in [0.1, 0.15) is 0 Å². The summed E-state index contributed by atoms with van der Waals surface area (Å²) in [6.07, 6.45) is 0. The molecule has 2 nitrogen and oxygen atoms in total. The highest BCUT2D eigenvalue weighted by Crippen LogP contribution is 2.16. The van der Waals surface area contributed by atoms with Crippen LogP contribution in [0.4, 0.5) is 11.4 Å². The Bertz CT molecular complexity index is 558. The van der Waals surface area contributed by atoms with Crippen LogP contribution < -0.4 is 10.2 Å². The standard InChI is InChI=1S/C16H18N2S/c1-12-9-13(2)11-14(10-12)17-16(19)18(3)15-7-5-4-6-8-15/h4-11H,1-3H3,(H,17,19). The van der Waals surface area contributed by atoms with Crippen LogP contribution >= 0.6 is 12.2 Å². The summed E-state index contributed by atoms with van der Waals surface area (Å²) < 4.78 is 0. The van der Waals surface area contributed by atoms with E-state index in [-0.39, 0.29) is 0 Å². The minimum Gasteiger partial charge on any atom is -0.332 e. The van der Waals surface area contributed by atoms with Crippen molar-refractivity contribution in [1.29, 1.82) is 0 Å². The van der Waals surface area contributed by atoms with Crippen molar-refractivity contribution in [1.82, 2.24) is 0 Å². The van der Waals surface area contributed by atoms with E-state index in [9.17, 15) is 0 Å². The van der Waals surface area contributed by atoms with Gasteiger partial charge in [-0.1, -0.05) is 24.3 Å². The highest BCUT2D eigenvalue weighted by atomic mass is 32.1. The molecule has 0 unspecified atom stereocenters. The fourth-order valence-corrected chi connectivity index (χ4v) is 2.25. The monoisotopic (exact) mass is 270 g/mol. The summed E-state index contributed by atoms with van der Waals surface area (Å²) in [6.45, 7) is 4.17. The third-order valence-electron chi connectivity index (χ3n) is 2.92. The Labute approximate surface area is 120 Å². The molecule has 2 rings (SSSR count). The number of nitrogens with one attached hydrogen (secondary N) is 1. The van der Waals surface area contributed by atoms with Crippen LogP contribution in [0.2, 0.25) is 0 Å². The molecule has 0 spiro atoms. The molecule has 0 bridgehead atoms. The van der Waals surface area contributed by atoms with Gasteiger partial charge in [-0.05, 0) is 61.5 Å². The highest BCUT2D eigenvalue weighted by Gasteiger charge is 2.06. The van der Waals surface area contributed by atoms with E-state index in [4.69, 9.17) is 12.2 Å². The molecule has 0 aliphatic heterocycles. The number of thiocarbonyl (C=S) groups is 1. The largest absolute Gasteiger partial charge is 0.332 e. The highest BCUT2D eigenvalue weighted by molar-refractivity contribution is 7.80. The van der Waals surface area contributed by atoms with Crippen LogP contribution in [0.1, 0.15) is 11.1 Å². The Morgan fingerprint density at radius 2 is 1.58 bits per heavy atom. The number of hydrogen-bond donors (Lipinski definition) is 1. The molecule has 1 N–H and O–H groups in total. The molecule has 2 aromatic rings. The number of benzene rings is 2. The molecule has 0 saturated carbocycles. The molecule has 2 aromatic carbocycles. The van der Waals surface area contributed by atoms with E-state index in [1.165, 1.54) is 11.1 Å². The lowest BCUT2D eigenvalue weighted by Gasteiger charge is -2.21. The maximum absolute atomic E-state index is 5.44. The van der Waals surface area contributed by atoms with Gasteiger partial charge in [0, 0.05) is 18.4 Å². The van der Waals surface area contributed by atoms with E-state index in [1.54, 1.807) is 0 Å². The molecule has 0 aromatic heterocycles. The zero-order chi connectivity index (χ0) is 13.8. The lowest BCUT2D eigenvalue weighted by Crippen LogP contribution is -2.30. The first-order valence-electron chi connectivity index (χ1n) is 6.24. The zero-order valence-electron chi connectivity index (χ0n) is 11.5. The second-order valence-electron chi connectivity index (χ2n) is 4.70. The Balaban J connectivity index is 2.13. The van der Waals surface area contributed by atoms with Gasteiger partial charge >= 0.3 is 0 Å². The molecule has 0 aliphatic carbocycles. The van der Waals surface area contributed by atoms with Crippen molar-refractivity contribution < 1.29 is 0 Å². The van der Waals surface area contributed by atoms with Gasteiger partial charge in [0.15, 0.2) is 5.11 Å². The number of anilines is 2. The molecule has 3 heteroatoms. The van der Waals surface area contributed by atoms with Crippen LogP contribution in [0.5, 0.6) is 0 Å². The van der Waals surface area contributed by atoms with Crippen LogP contribution in [0.15, 0.2) is 48.5 Å². The van der Waals surface area contributed by atoms with E-state index in [0.29, 0.717) is 5.11 Å². The van der Waals surface area contributed by atoms with Crippen molar-refractivity contribution in [3.63, 3.8) is 0 Å². The van der Waals surface area contributed by atoms with Crippen molar-refractivity contribution in [2.24, 2.45) is 0 Å². The first-order chi connectivity index (χ1) is 9.06. The second-order valence-corrected chi connectivity index (χ2v) is 5.09. The third kappa shape index (κ3) is 3.55.